The number of nitrogens with two attached hydrogens (primary N) is 2. The first-order valence-electron chi connectivity index (χ1n) is 4.16. The van der Waals surface area contributed by atoms with E-state index < -0.39 is 17.2 Å². The molecule has 0 spiro atoms. The largest absolute Gasteiger partial charge is 0.383 e. The van der Waals surface area contributed by atoms with Crippen molar-refractivity contribution in [1.82, 2.24) is 25.1 Å². The van der Waals surface area contributed by atoms with Gasteiger partial charge in [0.15, 0.2) is 5.82 Å². The minimum atomic E-state index is -0.713. The van der Waals surface area contributed by atoms with Crippen LogP contribution in [0.4, 0.5) is 16.0 Å². The summed E-state index contributed by atoms with van der Waals surface area (Å²) in [6.07, 6.45) is 2.04. The van der Waals surface area contributed by atoms with Crippen molar-refractivity contribution in [2.75, 3.05) is 11.5 Å². The number of rotatable bonds is 0. The minimum Gasteiger partial charge on any atom is -0.383 e. The number of nitrogens with one attached hydrogen (secondary N) is 2. The molecule has 0 aliphatic carbocycles. The molecule has 0 amide bonds. The maximum atomic E-state index is 12.1. The maximum Gasteiger partial charge on any atom is 0.363 e. The predicted molar refractivity (Wildman–Crippen MR) is 56.3 cm³/mol. The Morgan fingerprint density at radius 2 is 1.88 bits per heavy atom. The number of aromatic nitrogens is 5. The molecule has 0 radical (unpaired) electrons. The van der Waals surface area contributed by atoms with Crippen LogP contribution in [0.3, 0.4) is 0 Å². The highest BCUT2D eigenvalue weighted by Gasteiger charge is 1.95. The lowest BCUT2D eigenvalue weighted by molar-refractivity contribution is 0.617. The molecule has 0 bridgehead atoms. The van der Waals surface area contributed by atoms with Gasteiger partial charge in [0.25, 0.3) is 0 Å². The molecule has 90 valence electrons. The fourth-order valence-corrected chi connectivity index (χ4v) is 0.717. The molecule has 2 aromatic rings. The average molecular weight is 241 g/mol. The lowest BCUT2D eigenvalue weighted by atomic mass is 10.6. The van der Waals surface area contributed by atoms with Gasteiger partial charge < -0.3 is 11.5 Å². The molecule has 0 fully saturated rings. The molecule has 2 aromatic heterocycles. The molecule has 10 heteroatoms. The van der Waals surface area contributed by atoms with Crippen molar-refractivity contribution in [1.29, 1.82) is 0 Å². The molecule has 9 nitrogen and oxygen atoms in total. The Morgan fingerprint density at radius 3 is 2.29 bits per heavy atom. The van der Waals surface area contributed by atoms with Gasteiger partial charge in [0, 0.05) is 0 Å². The first kappa shape index (κ1) is 12.3. The number of hydrogen-bond donors (Lipinski definition) is 4. The molecular formula is C7H8FN7O2. The smallest absolute Gasteiger partial charge is 0.363 e. The van der Waals surface area contributed by atoms with Gasteiger partial charge in [-0.25, -0.2) is 19.1 Å². The summed E-state index contributed by atoms with van der Waals surface area (Å²) in [5.74, 6) is -0.863. The van der Waals surface area contributed by atoms with E-state index in [2.05, 4.69) is 20.2 Å². The highest BCUT2D eigenvalue weighted by molar-refractivity contribution is 5.25. The summed E-state index contributed by atoms with van der Waals surface area (Å²) in [7, 11) is 0. The van der Waals surface area contributed by atoms with Crippen molar-refractivity contribution in [2.45, 2.75) is 0 Å². The highest BCUT2D eigenvalue weighted by Crippen LogP contribution is 1.96. The Hall–Kier alpha value is -2.78. The van der Waals surface area contributed by atoms with Crippen LogP contribution in [0.5, 0.6) is 0 Å². The Kier molecular flexibility index (Phi) is 3.86. The van der Waals surface area contributed by atoms with E-state index in [-0.39, 0.29) is 11.6 Å². The monoisotopic (exact) mass is 241 g/mol. The van der Waals surface area contributed by atoms with Gasteiger partial charge in [-0.05, 0) is 0 Å². The van der Waals surface area contributed by atoms with Crippen LogP contribution in [0.25, 0.3) is 0 Å². The van der Waals surface area contributed by atoms with Gasteiger partial charge in [-0.3, -0.25) is 4.98 Å². The first-order chi connectivity index (χ1) is 7.99. The topological polar surface area (TPSA) is 156 Å². The van der Waals surface area contributed by atoms with Gasteiger partial charge in [0.1, 0.15) is 11.6 Å². The maximum absolute atomic E-state index is 12.1. The summed E-state index contributed by atoms with van der Waals surface area (Å²) < 4.78 is 12.1. The molecular weight excluding hydrogens is 233 g/mol. The third-order valence-corrected chi connectivity index (χ3v) is 1.38. The van der Waals surface area contributed by atoms with Crippen LogP contribution >= 0.6 is 0 Å². The van der Waals surface area contributed by atoms with E-state index in [0.29, 0.717) is 0 Å². The molecule has 2 rings (SSSR count). The normalized spacial score (nSPS) is 9.24. The Bertz CT molecular complexity index is 607. The summed E-state index contributed by atoms with van der Waals surface area (Å²) in [5.41, 5.74) is 8.85. The van der Waals surface area contributed by atoms with Gasteiger partial charge in [-0.15, -0.1) is 0 Å². The van der Waals surface area contributed by atoms with Gasteiger partial charge in [-0.1, -0.05) is 0 Å². The van der Waals surface area contributed by atoms with E-state index in [1.54, 1.807) is 0 Å². The molecule has 0 unspecified atom stereocenters. The number of nitrogen functional groups attached to an aromatic ring is 2. The Morgan fingerprint density at radius 1 is 1.18 bits per heavy atom. The van der Waals surface area contributed by atoms with Gasteiger partial charge >= 0.3 is 11.4 Å². The van der Waals surface area contributed by atoms with Crippen molar-refractivity contribution in [3.05, 3.63) is 39.2 Å². The van der Waals surface area contributed by atoms with Crippen molar-refractivity contribution in [3.63, 3.8) is 0 Å². The number of aromatic amines is 2. The molecule has 0 atom stereocenters. The third-order valence-electron chi connectivity index (χ3n) is 1.38. The second kappa shape index (κ2) is 5.34. The molecule has 0 saturated carbocycles. The van der Waals surface area contributed by atoms with Crippen LogP contribution < -0.4 is 22.8 Å². The number of hydrogen-bond acceptors (Lipinski definition) is 7. The van der Waals surface area contributed by atoms with Gasteiger partial charge in [0.2, 0.25) is 0 Å². The van der Waals surface area contributed by atoms with E-state index in [9.17, 15) is 14.0 Å². The minimum absolute atomic E-state index is 0.133. The van der Waals surface area contributed by atoms with Crippen LogP contribution in [-0.4, -0.2) is 25.1 Å². The van der Waals surface area contributed by atoms with E-state index in [1.165, 1.54) is 6.20 Å². The van der Waals surface area contributed by atoms with Crippen molar-refractivity contribution in [2.24, 2.45) is 0 Å². The van der Waals surface area contributed by atoms with Crippen LogP contribution in [0.15, 0.2) is 22.0 Å². The standard InChI is InChI=1S/C4H4FN3O.C3H4N4O/c5-2-1-7-4(9)8-3(2)6;4-2-1-5-7-3(8)6-2/h1H,(H3,6,7,8,9);1H,(H3,4,6,7,8). The third kappa shape index (κ3) is 4.07. The first-order valence-corrected chi connectivity index (χ1v) is 4.16. The van der Waals surface area contributed by atoms with E-state index in [1.807, 2.05) is 4.98 Å². The average Bonchev–Trinajstić information content (AvgIpc) is 2.24. The highest BCUT2D eigenvalue weighted by atomic mass is 19.1. The number of nitrogens with zero attached hydrogens (tertiary/aromatic N) is 3. The number of H-pyrrole nitrogens is 2. The number of anilines is 2. The Labute approximate surface area is 92.7 Å². The van der Waals surface area contributed by atoms with Gasteiger partial charge in [0.05, 0.1) is 12.4 Å². The summed E-state index contributed by atoms with van der Waals surface area (Å²) in [4.78, 5) is 28.7. The fraction of sp³-hybridized carbons (Fsp3) is 0. The van der Waals surface area contributed by atoms with Crippen LogP contribution in [0, 0.1) is 5.82 Å². The van der Waals surface area contributed by atoms with Crippen molar-refractivity contribution < 1.29 is 4.39 Å². The van der Waals surface area contributed by atoms with Crippen molar-refractivity contribution >= 4 is 11.6 Å². The zero-order valence-electron chi connectivity index (χ0n) is 8.35. The summed E-state index contributed by atoms with van der Waals surface area (Å²) >= 11 is 0. The molecule has 0 saturated heterocycles. The summed E-state index contributed by atoms with van der Waals surface area (Å²) in [6.45, 7) is 0. The molecule has 17 heavy (non-hydrogen) atoms. The van der Waals surface area contributed by atoms with Gasteiger partial charge in [-0.2, -0.15) is 15.1 Å². The second-order valence-electron chi connectivity index (χ2n) is 2.66. The molecule has 6 N–H and O–H groups in total. The zero-order chi connectivity index (χ0) is 12.8. The van der Waals surface area contributed by atoms with E-state index >= 15 is 0 Å². The quantitative estimate of drug-likeness (QED) is 0.425. The van der Waals surface area contributed by atoms with Crippen LogP contribution in [0.1, 0.15) is 0 Å². The Balaban J connectivity index is 0.000000171. The van der Waals surface area contributed by atoms with E-state index in [4.69, 9.17) is 11.5 Å². The van der Waals surface area contributed by atoms with E-state index in [0.717, 1.165) is 6.20 Å². The molecule has 2 heterocycles. The molecule has 0 aliphatic heterocycles. The zero-order valence-corrected chi connectivity index (χ0v) is 8.35. The second-order valence-corrected chi connectivity index (χ2v) is 2.66. The summed E-state index contributed by atoms with van der Waals surface area (Å²) in [5, 5.41) is 5.43. The van der Waals surface area contributed by atoms with Crippen LogP contribution in [0.2, 0.25) is 0 Å². The number of halogens is 1. The van der Waals surface area contributed by atoms with Crippen molar-refractivity contribution in [3.8, 4) is 0 Å². The molecule has 0 aromatic carbocycles. The van der Waals surface area contributed by atoms with Crippen LogP contribution in [-0.2, 0) is 0 Å². The fourth-order valence-electron chi connectivity index (χ4n) is 0.717. The predicted octanol–water partition coefficient (Wildman–Crippen LogP) is -1.76. The summed E-state index contributed by atoms with van der Waals surface area (Å²) in [6, 6.07) is 0. The SMILES string of the molecule is Nc1[nH]c(=O)ncc1F.Nc1cn[nH]c(=O)n1. The lowest BCUT2D eigenvalue weighted by Crippen LogP contribution is -2.12. The molecule has 0 aliphatic rings. The lowest BCUT2D eigenvalue weighted by Gasteiger charge is -1.89.